The number of halogens is 1. The van der Waals surface area contributed by atoms with Crippen LogP contribution in [0.1, 0.15) is 19.4 Å². The van der Waals surface area contributed by atoms with Gasteiger partial charge in [-0.3, -0.25) is 15.0 Å². The number of carboxylic acid groups (broad SMARTS) is 1. The van der Waals surface area contributed by atoms with E-state index in [1.807, 2.05) is 6.07 Å². The lowest BCUT2D eigenvalue weighted by Gasteiger charge is -2.29. The van der Waals surface area contributed by atoms with Gasteiger partial charge in [-0.2, -0.15) is 5.26 Å². The highest BCUT2D eigenvalue weighted by Crippen LogP contribution is 2.39. The molecule has 10 heteroatoms. The molecule has 1 heterocycles. The van der Waals surface area contributed by atoms with Gasteiger partial charge in [0.15, 0.2) is 5.11 Å². The Hall–Kier alpha value is -3.35. The van der Waals surface area contributed by atoms with Crippen molar-refractivity contribution in [3.8, 4) is 11.8 Å². The van der Waals surface area contributed by atoms with Gasteiger partial charge in [0.05, 0.1) is 29.1 Å². The molecule has 1 aliphatic heterocycles. The molecule has 2 amide bonds. The summed E-state index contributed by atoms with van der Waals surface area (Å²) in [5, 5.41) is 20.8. The van der Waals surface area contributed by atoms with Gasteiger partial charge >= 0.3 is 6.09 Å². The van der Waals surface area contributed by atoms with E-state index in [1.54, 1.807) is 43.0 Å². The van der Waals surface area contributed by atoms with E-state index in [-0.39, 0.29) is 21.7 Å². The minimum atomic E-state index is -1.26. The van der Waals surface area contributed by atoms with Crippen LogP contribution in [0, 0.1) is 11.3 Å². The van der Waals surface area contributed by atoms with Crippen molar-refractivity contribution in [3.63, 3.8) is 0 Å². The number of nitrogens with zero attached hydrogens (tertiary/aromatic N) is 3. The summed E-state index contributed by atoms with van der Waals surface area (Å²) in [7, 11) is 1.44. The number of hydrogen-bond donors (Lipinski definition) is 2. The number of methoxy groups -OCH3 is 1. The fourth-order valence-electron chi connectivity index (χ4n) is 3.23. The Morgan fingerprint density at radius 1 is 1.27 bits per heavy atom. The molecule has 0 aliphatic carbocycles. The van der Waals surface area contributed by atoms with Crippen molar-refractivity contribution in [1.82, 2.24) is 0 Å². The largest absolute Gasteiger partial charge is 0.495 e. The van der Waals surface area contributed by atoms with Crippen LogP contribution in [0.2, 0.25) is 5.02 Å². The molecule has 0 bridgehead atoms. The van der Waals surface area contributed by atoms with E-state index < -0.39 is 11.6 Å². The topological polar surface area (TPSA) is 106 Å². The number of nitrogens with one attached hydrogen (secondary N) is 1. The van der Waals surface area contributed by atoms with Gasteiger partial charge in [0.1, 0.15) is 17.4 Å². The van der Waals surface area contributed by atoms with Crippen LogP contribution in [0.5, 0.6) is 5.75 Å². The van der Waals surface area contributed by atoms with Gasteiger partial charge in [-0.1, -0.05) is 11.6 Å². The summed E-state index contributed by atoms with van der Waals surface area (Å²) >= 11 is 11.7. The number of benzene rings is 2. The molecule has 0 spiro atoms. The van der Waals surface area contributed by atoms with Crippen LogP contribution in [-0.4, -0.2) is 34.9 Å². The average molecular weight is 445 g/mol. The third-order valence-corrected chi connectivity index (χ3v) is 5.38. The third-order valence-electron chi connectivity index (χ3n) is 4.68. The highest BCUT2D eigenvalue weighted by Gasteiger charge is 2.50. The van der Waals surface area contributed by atoms with Crippen LogP contribution >= 0.6 is 23.8 Å². The van der Waals surface area contributed by atoms with Crippen LogP contribution in [0.15, 0.2) is 36.4 Å². The minimum absolute atomic E-state index is 0.172. The fourth-order valence-corrected chi connectivity index (χ4v) is 3.92. The van der Waals surface area contributed by atoms with Crippen LogP contribution < -0.4 is 19.9 Å². The molecule has 2 N–H and O–H groups in total. The maximum atomic E-state index is 13.3. The van der Waals surface area contributed by atoms with Gasteiger partial charge < -0.3 is 14.7 Å². The number of anilines is 3. The smallest absolute Gasteiger partial charge is 0.409 e. The monoisotopic (exact) mass is 444 g/mol. The number of thiocarbonyl (C=S) groups is 1. The lowest BCUT2D eigenvalue weighted by molar-refractivity contribution is -0.120. The Labute approximate surface area is 183 Å². The zero-order chi connectivity index (χ0) is 22.2. The van der Waals surface area contributed by atoms with Gasteiger partial charge in [0.2, 0.25) is 0 Å². The summed E-state index contributed by atoms with van der Waals surface area (Å²) < 4.78 is 5.24. The number of amides is 2. The molecule has 154 valence electrons. The molecule has 3 rings (SSSR count). The predicted octanol–water partition coefficient (Wildman–Crippen LogP) is 4.23. The van der Waals surface area contributed by atoms with E-state index in [9.17, 15) is 14.9 Å². The first-order valence-electron chi connectivity index (χ1n) is 8.68. The highest BCUT2D eigenvalue weighted by atomic mass is 35.5. The first-order valence-corrected chi connectivity index (χ1v) is 9.46. The second kappa shape index (κ2) is 7.82. The molecule has 8 nitrogen and oxygen atoms in total. The van der Waals surface area contributed by atoms with E-state index in [4.69, 9.17) is 33.7 Å². The van der Waals surface area contributed by atoms with Crippen molar-refractivity contribution in [2.24, 2.45) is 0 Å². The van der Waals surface area contributed by atoms with E-state index in [1.165, 1.54) is 24.1 Å². The Morgan fingerprint density at radius 3 is 2.53 bits per heavy atom. The van der Waals surface area contributed by atoms with E-state index in [0.29, 0.717) is 22.7 Å². The number of ether oxygens (including phenoxy) is 1. The molecular formula is C20H17ClN4O4S. The first kappa shape index (κ1) is 21.4. The van der Waals surface area contributed by atoms with E-state index in [0.717, 1.165) is 0 Å². The lowest BCUT2D eigenvalue weighted by Crippen LogP contribution is -2.44. The lowest BCUT2D eigenvalue weighted by atomic mass is 10.0. The van der Waals surface area contributed by atoms with Gasteiger partial charge in [0.25, 0.3) is 5.91 Å². The van der Waals surface area contributed by atoms with E-state index >= 15 is 0 Å². The van der Waals surface area contributed by atoms with E-state index in [2.05, 4.69) is 5.32 Å². The number of nitriles is 1. The fraction of sp³-hybridized carbons (Fsp3) is 0.200. The summed E-state index contributed by atoms with van der Waals surface area (Å²) in [4.78, 5) is 27.3. The molecule has 2 aromatic rings. The molecule has 0 atom stereocenters. The van der Waals surface area contributed by atoms with Crippen LogP contribution in [0.3, 0.4) is 0 Å². The molecule has 0 saturated carbocycles. The Morgan fingerprint density at radius 2 is 1.93 bits per heavy atom. The van der Waals surface area contributed by atoms with Crippen LogP contribution in [0.25, 0.3) is 0 Å². The Balaban J connectivity index is 2.08. The van der Waals surface area contributed by atoms with Crippen molar-refractivity contribution in [3.05, 3.63) is 47.0 Å². The van der Waals surface area contributed by atoms with Crippen molar-refractivity contribution < 1.29 is 19.4 Å². The SMILES string of the molecule is COc1cc(N2C(=O)C(C)(C)N(c3ccc(Cl)c(NC(=O)O)c3)C2=S)ccc1C#N. The molecular weight excluding hydrogens is 428 g/mol. The zero-order valence-electron chi connectivity index (χ0n) is 16.3. The van der Waals surface area contributed by atoms with Gasteiger partial charge in [-0.25, -0.2) is 4.79 Å². The molecule has 0 unspecified atom stereocenters. The molecule has 0 aromatic heterocycles. The second-order valence-corrected chi connectivity index (χ2v) is 7.68. The molecule has 0 radical (unpaired) electrons. The van der Waals surface area contributed by atoms with Gasteiger partial charge in [-0.15, -0.1) is 0 Å². The number of rotatable bonds is 4. The zero-order valence-corrected chi connectivity index (χ0v) is 17.8. The van der Waals surface area contributed by atoms with Crippen LogP contribution in [0.4, 0.5) is 21.9 Å². The molecule has 2 aromatic carbocycles. The Bertz CT molecular complexity index is 1110. The molecule has 1 aliphatic rings. The number of carbonyl (C=O) groups excluding carboxylic acids is 1. The van der Waals surface area contributed by atoms with Gasteiger partial charge in [0, 0.05) is 11.8 Å². The standard InChI is InChI=1S/C20H17ClN4O4S/c1-20(2)17(26)24(12-5-4-11(10-22)16(9-12)29-3)19(30)25(20)13-6-7-14(21)15(8-13)23-18(27)28/h4-9,23H,1-3H3,(H,27,28). The third kappa shape index (κ3) is 3.51. The number of carbonyl (C=O) groups is 2. The summed E-state index contributed by atoms with van der Waals surface area (Å²) in [5.74, 6) is 0.0308. The second-order valence-electron chi connectivity index (χ2n) is 6.91. The quantitative estimate of drug-likeness (QED) is 0.679. The maximum absolute atomic E-state index is 13.3. The predicted molar refractivity (Wildman–Crippen MR) is 117 cm³/mol. The summed E-state index contributed by atoms with van der Waals surface area (Å²) in [6.07, 6.45) is -1.26. The normalized spacial score (nSPS) is 15.2. The first-order chi connectivity index (χ1) is 14.1. The summed E-state index contributed by atoms with van der Waals surface area (Å²) in [6.45, 7) is 3.42. The minimum Gasteiger partial charge on any atom is -0.495 e. The van der Waals surface area contributed by atoms with Crippen molar-refractivity contribution >= 4 is 58.0 Å². The average Bonchev–Trinajstić information content (AvgIpc) is 2.87. The molecule has 1 fully saturated rings. The molecule has 1 saturated heterocycles. The molecule has 30 heavy (non-hydrogen) atoms. The highest BCUT2D eigenvalue weighted by molar-refractivity contribution is 7.81. The van der Waals surface area contributed by atoms with Crippen molar-refractivity contribution in [1.29, 1.82) is 5.26 Å². The maximum Gasteiger partial charge on any atom is 0.409 e. The van der Waals surface area contributed by atoms with Crippen molar-refractivity contribution in [2.45, 2.75) is 19.4 Å². The van der Waals surface area contributed by atoms with Gasteiger partial charge in [-0.05, 0) is 56.4 Å². The van der Waals surface area contributed by atoms with Crippen LogP contribution in [-0.2, 0) is 4.79 Å². The Kier molecular flexibility index (Phi) is 5.57. The summed E-state index contributed by atoms with van der Waals surface area (Å²) in [6, 6.07) is 11.5. The summed E-state index contributed by atoms with van der Waals surface area (Å²) in [5.41, 5.74) is 0.388. The van der Waals surface area contributed by atoms with Crippen molar-refractivity contribution in [2.75, 3.05) is 22.2 Å². The number of hydrogen-bond acceptors (Lipinski definition) is 5.